The fraction of sp³-hybridized carbons (Fsp3) is 0.278. The first-order chi connectivity index (χ1) is 12.0. The zero-order valence-corrected chi connectivity index (χ0v) is 14.8. The first-order valence-corrected chi connectivity index (χ1v) is 8.83. The van der Waals surface area contributed by atoms with E-state index in [2.05, 4.69) is 16.7 Å². The predicted octanol–water partition coefficient (Wildman–Crippen LogP) is 2.97. The van der Waals surface area contributed by atoms with E-state index < -0.39 is 6.04 Å². The van der Waals surface area contributed by atoms with Crippen molar-refractivity contribution < 1.29 is 9.59 Å². The molecule has 3 rings (SSSR count). The summed E-state index contributed by atoms with van der Waals surface area (Å²) < 4.78 is 0. The Balaban J connectivity index is 1.67. The van der Waals surface area contributed by atoms with E-state index in [9.17, 15) is 9.59 Å². The molecular weight excluding hydrogens is 336 g/mol. The largest absolute Gasteiger partial charge is 0.374 e. The van der Waals surface area contributed by atoms with Crippen LogP contribution in [0.3, 0.4) is 0 Å². The third kappa shape index (κ3) is 3.49. The van der Waals surface area contributed by atoms with Crippen LogP contribution in [0, 0.1) is 11.3 Å². The average Bonchev–Trinajstić information content (AvgIpc) is 3.20. The van der Waals surface area contributed by atoms with Gasteiger partial charge in [0, 0.05) is 24.8 Å². The Morgan fingerprint density at radius 2 is 2.16 bits per heavy atom. The Labute approximate surface area is 150 Å². The van der Waals surface area contributed by atoms with Gasteiger partial charge in [-0.25, -0.2) is 0 Å². The van der Waals surface area contributed by atoms with E-state index >= 15 is 0 Å². The molecule has 2 heterocycles. The molecule has 1 aromatic carbocycles. The molecule has 2 amide bonds. The van der Waals surface area contributed by atoms with Crippen molar-refractivity contribution in [1.29, 1.82) is 5.26 Å². The molecule has 0 saturated heterocycles. The van der Waals surface area contributed by atoms with Crippen molar-refractivity contribution in [3.8, 4) is 6.07 Å². The van der Waals surface area contributed by atoms with Gasteiger partial charge in [-0.05, 0) is 48.6 Å². The predicted molar refractivity (Wildman–Crippen MR) is 98.9 cm³/mol. The lowest BCUT2D eigenvalue weighted by Gasteiger charge is -2.17. The number of fused-ring (bicyclic) bond motifs is 1. The number of nitrogens with one attached hydrogen (secondary N) is 2. The van der Waals surface area contributed by atoms with Crippen molar-refractivity contribution in [3.05, 3.63) is 40.8 Å². The maximum atomic E-state index is 12.3. The number of rotatable bonds is 4. The molecule has 128 valence electrons. The number of nitriles is 1. The van der Waals surface area contributed by atoms with Crippen molar-refractivity contribution in [2.45, 2.75) is 26.3 Å². The van der Waals surface area contributed by atoms with Crippen molar-refractivity contribution in [1.82, 2.24) is 0 Å². The van der Waals surface area contributed by atoms with Crippen LogP contribution in [0.2, 0.25) is 0 Å². The molecule has 2 N–H and O–H groups in total. The molecule has 1 aliphatic heterocycles. The van der Waals surface area contributed by atoms with Crippen LogP contribution in [0.25, 0.3) is 0 Å². The SMILES string of the molecule is CC(=O)N1CCc2cc(N[C@H](C)C(=O)Nc3sccc3C#N)ccc21. The van der Waals surface area contributed by atoms with Gasteiger partial charge in [-0.2, -0.15) is 5.26 Å². The molecule has 0 fully saturated rings. The van der Waals surface area contributed by atoms with Gasteiger partial charge in [-0.1, -0.05) is 0 Å². The van der Waals surface area contributed by atoms with Gasteiger partial charge in [-0.15, -0.1) is 11.3 Å². The molecule has 1 atom stereocenters. The van der Waals surface area contributed by atoms with Crippen LogP contribution in [0.5, 0.6) is 0 Å². The summed E-state index contributed by atoms with van der Waals surface area (Å²) in [4.78, 5) is 25.7. The molecule has 0 unspecified atom stereocenters. The van der Waals surface area contributed by atoms with Crippen LogP contribution in [-0.2, 0) is 16.0 Å². The average molecular weight is 354 g/mol. The summed E-state index contributed by atoms with van der Waals surface area (Å²) in [5, 5.41) is 17.3. The number of carbonyl (C=O) groups excluding carboxylic acids is 2. The molecule has 0 saturated carbocycles. The zero-order chi connectivity index (χ0) is 18.0. The highest BCUT2D eigenvalue weighted by atomic mass is 32.1. The highest BCUT2D eigenvalue weighted by molar-refractivity contribution is 7.14. The topological polar surface area (TPSA) is 85.2 Å². The van der Waals surface area contributed by atoms with Gasteiger partial charge in [0.1, 0.15) is 17.1 Å². The molecule has 7 heteroatoms. The molecular formula is C18H18N4O2S. The van der Waals surface area contributed by atoms with Gasteiger partial charge < -0.3 is 15.5 Å². The van der Waals surface area contributed by atoms with Crippen LogP contribution < -0.4 is 15.5 Å². The summed E-state index contributed by atoms with van der Waals surface area (Å²) in [6.07, 6.45) is 0.811. The van der Waals surface area contributed by atoms with E-state index in [1.54, 1.807) is 30.2 Å². The first-order valence-electron chi connectivity index (χ1n) is 7.95. The number of benzene rings is 1. The fourth-order valence-corrected chi connectivity index (χ4v) is 3.59. The fourth-order valence-electron chi connectivity index (χ4n) is 2.85. The lowest BCUT2D eigenvalue weighted by atomic mass is 10.1. The second kappa shape index (κ2) is 6.95. The van der Waals surface area contributed by atoms with Gasteiger partial charge in [0.2, 0.25) is 11.8 Å². The number of thiophene rings is 1. The molecule has 1 aliphatic rings. The van der Waals surface area contributed by atoms with Crippen molar-refractivity contribution >= 4 is 39.5 Å². The molecule has 2 aromatic rings. The van der Waals surface area contributed by atoms with E-state index in [4.69, 9.17) is 5.26 Å². The Bertz CT molecular complexity index is 868. The maximum Gasteiger partial charge on any atom is 0.247 e. The van der Waals surface area contributed by atoms with Crippen molar-refractivity contribution in [3.63, 3.8) is 0 Å². The Kier molecular flexibility index (Phi) is 4.72. The molecule has 25 heavy (non-hydrogen) atoms. The lowest BCUT2D eigenvalue weighted by Crippen LogP contribution is -2.31. The molecule has 0 radical (unpaired) electrons. The van der Waals surface area contributed by atoms with Crippen LogP contribution in [0.1, 0.15) is 25.0 Å². The number of carbonyl (C=O) groups is 2. The lowest BCUT2D eigenvalue weighted by molar-refractivity contribution is -0.117. The summed E-state index contributed by atoms with van der Waals surface area (Å²) in [6, 6.07) is 9.03. The molecule has 0 aliphatic carbocycles. The van der Waals surface area contributed by atoms with Crippen LogP contribution >= 0.6 is 11.3 Å². The van der Waals surface area contributed by atoms with E-state index in [-0.39, 0.29) is 11.8 Å². The summed E-state index contributed by atoms with van der Waals surface area (Å²) in [6.45, 7) is 4.03. The van der Waals surface area contributed by atoms with E-state index in [1.807, 2.05) is 18.2 Å². The monoisotopic (exact) mass is 354 g/mol. The van der Waals surface area contributed by atoms with Crippen LogP contribution in [0.4, 0.5) is 16.4 Å². The van der Waals surface area contributed by atoms with Crippen molar-refractivity contribution in [2.75, 3.05) is 22.1 Å². The number of anilines is 3. The molecule has 0 spiro atoms. The molecule has 6 nitrogen and oxygen atoms in total. The third-order valence-corrected chi connectivity index (χ3v) is 4.98. The molecule has 1 aromatic heterocycles. The van der Waals surface area contributed by atoms with Gasteiger partial charge in [-0.3, -0.25) is 9.59 Å². The second-order valence-electron chi connectivity index (χ2n) is 5.89. The van der Waals surface area contributed by atoms with Gasteiger partial charge >= 0.3 is 0 Å². The second-order valence-corrected chi connectivity index (χ2v) is 6.81. The molecule has 0 bridgehead atoms. The number of amides is 2. The summed E-state index contributed by atoms with van der Waals surface area (Å²) >= 11 is 1.33. The van der Waals surface area contributed by atoms with E-state index in [0.29, 0.717) is 17.1 Å². The summed E-state index contributed by atoms with van der Waals surface area (Å²) in [7, 11) is 0. The minimum absolute atomic E-state index is 0.0384. The Hall–Kier alpha value is -2.85. The minimum Gasteiger partial charge on any atom is -0.374 e. The standard InChI is InChI=1S/C18H18N4O2S/c1-11(17(24)21-18-14(10-19)6-8-25-18)20-15-3-4-16-13(9-15)5-7-22(16)12(2)23/h3-4,6,8-9,11,20H,5,7H2,1-2H3,(H,21,24)/t11-/m1/s1. The van der Waals surface area contributed by atoms with Crippen molar-refractivity contribution in [2.24, 2.45) is 0 Å². The van der Waals surface area contributed by atoms with Gasteiger partial charge in [0.05, 0.1) is 5.56 Å². The van der Waals surface area contributed by atoms with Crippen LogP contribution in [0.15, 0.2) is 29.6 Å². The van der Waals surface area contributed by atoms with Gasteiger partial charge in [0.15, 0.2) is 0 Å². The normalized spacial score (nSPS) is 13.7. The number of hydrogen-bond acceptors (Lipinski definition) is 5. The highest BCUT2D eigenvalue weighted by Gasteiger charge is 2.23. The van der Waals surface area contributed by atoms with E-state index in [1.165, 1.54) is 11.3 Å². The maximum absolute atomic E-state index is 12.3. The summed E-state index contributed by atoms with van der Waals surface area (Å²) in [5.74, 6) is -0.165. The summed E-state index contributed by atoms with van der Waals surface area (Å²) in [5.41, 5.74) is 3.33. The highest BCUT2D eigenvalue weighted by Crippen LogP contribution is 2.30. The van der Waals surface area contributed by atoms with Crippen LogP contribution in [-0.4, -0.2) is 24.4 Å². The quantitative estimate of drug-likeness (QED) is 0.884. The third-order valence-electron chi connectivity index (χ3n) is 4.15. The first kappa shape index (κ1) is 17.0. The zero-order valence-electron chi connectivity index (χ0n) is 14.0. The number of nitrogens with zero attached hydrogens (tertiary/aromatic N) is 2. The smallest absolute Gasteiger partial charge is 0.247 e. The van der Waals surface area contributed by atoms with E-state index in [0.717, 1.165) is 23.4 Å². The Morgan fingerprint density at radius 3 is 2.88 bits per heavy atom. The van der Waals surface area contributed by atoms with Gasteiger partial charge in [0.25, 0.3) is 0 Å². The Morgan fingerprint density at radius 1 is 1.36 bits per heavy atom. The number of hydrogen-bond donors (Lipinski definition) is 2. The minimum atomic E-state index is -0.461.